The highest BCUT2D eigenvalue weighted by Crippen LogP contribution is 2.18. The second kappa shape index (κ2) is 5.57. The van der Waals surface area contributed by atoms with Crippen LogP contribution in [0.4, 0.5) is 10.1 Å². The molecule has 0 aromatic heterocycles. The molecule has 0 atom stereocenters. The van der Waals surface area contributed by atoms with Gasteiger partial charge in [-0.2, -0.15) is 0 Å². The number of benzene rings is 1. The monoisotopic (exact) mass is 254 g/mol. The number of nitro benzene ring substituents is 1. The average Bonchev–Trinajstić information content (AvgIpc) is 2.27. The van der Waals surface area contributed by atoms with Crippen molar-refractivity contribution in [2.24, 2.45) is 5.92 Å². The SMILES string of the molecule is CC(C)CN(C)C(=O)c1cc([N+](=O)[O-])ccc1F. The molecular formula is C12H15FN2O3. The number of halogens is 1. The fourth-order valence-electron chi connectivity index (χ4n) is 1.63. The van der Waals surface area contributed by atoms with Crippen molar-refractivity contribution < 1.29 is 14.1 Å². The van der Waals surface area contributed by atoms with Gasteiger partial charge >= 0.3 is 0 Å². The number of rotatable bonds is 4. The summed E-state index contributed by atoms with van der Waals surface area (Å²) in [4.78, 5) is 23.2. The Morgan fingerprint density at radius 3 is 2.61 bits per heavy atom. The number of hydrogen-bond donors (Lipinski definition) is 0. The fourth-order valence-corrected chi connectivity index (χ4v) is 1.63. The van der Waals surface area contributed by atoms with Crippen LogP contribution in [0.3, 0.4) is 0 Å². The van der Waals surface area contributed by atoms with E-state index in [2.05, 4.69) is 0 Å². The van der Waals surface area contributed by atoms with Gasteiger partial charge in [-0.05, 0) is 12.0 Å². The van der Waals surface area contributed by atoms with Gasteiger partial charge in [0.25, 0.3) is 11.6 Å². The van der Waals surface area contributed by atoms with E-state index in [0.717, 1.165) is 18.2 Å². The number of nitrogens with zero attached hydrogens (tertiary/aromatic N) is 2. The van der Waals surface area contributed by atoms with Gasteiger partial charge < -0.3 is 4.90 Å². The molecule has 18 heavy (non-hydrogen) atoms. The van der Waals surface area contributed by atoms with E-state index in [1.807, 2.05) is 13.8 Å². The fraction of sp³-hybridized carbons (Fsp3) is 0.417. The van der Waals surface area contributed by atoms with E-state index in [4.69, 9.17) is 0 Å². The predicted octanol–water partition coefficient (Wildman–Crippen LogP) is 2.46. The first-order chi connectivity index (χ1) is 8.32. The van der Waals surface area contributed by atoms with Crippen LogP contribution in [-0.2, 0) is 0 Å². The topological polar surface area (TPSA) is 63.5 Å². The van der Waals surface area contributed by atoms with Crippen LogP contribution in [0.25, 0.3) is 0 Å². The molecule has 1 rings (SSSR count). The summed E-state index contributed by atoms with van der Waals surface area (Å²) in [6.45, 7) is 4.31. The largest absolute Gasteiger partial charge is 0.341 e. The lowest BCUT2D eigenvalue weighted by molar-refractivity contribution is -0.384. The second-order valence-electron chi connectivity index (χ2n) is 4.50. The number of non-ortho nitro benzene ring substituents is 1. The Morgan fingerprint density at radius 2 is 2.11 bits per heavy atom. The molecule has 0 heterocycles. The maximum Gasteiger partial charge on any atom is 0.270 e. The van der Waals surface area contributed by atoms with Gasteiger partial charge in [-0.3, -0.25) is 14.9 Å². The maximum atomic E-state index is 13.5. The van der Waals surface area contributed by atoms with Crippen molar-refractivity contribution in [3.8, 4) is 0 Å². The van der Waals surface area contributed by atoms with E-state index in [9.17, 15) is 19.3 Å². The highest BCUT2D eigenvalue weighted by Gasteiger charge is 2.20. The zero-order valence-electron chi connectivity index (χ0n) is 10.5. The molecule has 0 saturated heterocycles. The van der Waals surface area contributed by atoms with Gasteiger partial charge in [0, 0.05) is 25.7 Å². The Bertz CT molecular complexity index is 474. The molecule has 1 aromatic rings. The van der Waals surface area contributed by atoms with E-state index >= 15 is 0 Å². The molecule has 0 N–H and O–H groups in total. The lowest BCUT2D eigenvalue weighted by Crippen LogP contribution is -2.30. The summed E-state index contributed by atoms with van der Waals surface area (Å²) in [7, 11) is 1.54. The minimum atomic E-state index is -0.749. The van der Waals surface area contributed by atoms with E-state index in [0.29, 0.717) is 6.54 Å². The van der Waals surface area contributed by atoms with Gasteiger partial charge in [0.15, 0.2) is 0 Å². The third-order valence-electron chi connectivity index (χ3n) is 2.38. The molecule has 0 fully saturated rings. The van der Waals surface area contributed by atoms with E-state index in [-0.39, 0.29) is 17.2 Å². The lowest BCUT2D eigenvalue weighted by atomic mass is 10.1. The van der Waals surface area contributed by atoms with Gasteiger partial charge in [0.1, 0.15) is 5.82 Å². The molecule has 5 nitrogen and oxygen atoms in total. The van der Waals surface area contributed by atoms with E-state index < -0.39 is 16.6 Å². The molecule has 98 valence electrons. The molecule has 0 bridgehead atoms. The van der Waals surface area contributed by atoms with Gasteiger partial charge in [0.05, 0.1) is 10.5 Å². The van der Waals surface area contributed by atoms with Crippen LogP contribution in [0, 0.1) is 21.8 Å². The summed E-state index contributed by atoms with van der Waals surface area (Å²) in [5.41, 5.74) is -0.565. The van der Waals surface area contributed by atoms with Crippen molar-refractivity contribution in [1.29, 1.82) is 0 Å². The molecule has 0 aliphatic heterocycles. The molecule has 0 saturated carbocycles. The average molecular weight is 254 g/mol. The van der Waals surface area contributed by atoms with Crippen LogP contribution >= 0.6 is 0 Å². The van der Waals surface area contributed by atoms with Crippen LogP contribution < -0.4 is 0 Å². The van der Waals surface area contributed by atoms with E-state index in [1.54, 1.807) is 7.05 Å². The minimum Gasteiger partial charge on any atom is -0.341 e. The smallest absolute Gasteiger partial charge is 0.270 e. The summed E-state index contributed by atoms with van der Waals surface area (Å²) >= 11 is 0. The molecule has 0 radical (unpaired) electrons. The number of hydrogen-bond acceptors (Lipinski definition) is 3. The van der Waals surface area contributed by atoms with Gasteiger partial charge in [-0.15, -0.1) is 0 Å². The Labute approximate surface area is 104 Å². The first-order valence-electron chi connectivity index (χ1n) is 5.52. The quantitative estimate of drug-likeness (QED) is 0.612. The minimum absolute atomic E-state index is 0.237. The maximum absolute atomic E-state index is 13.5. The Balaban J connectivity index is 3.04. The van der Waals surface area contributed by atoms with Crippen molar-refractivity contribution in [2.75, 3.05) is 13.6 Å². The summed E-state index contributed by atoms with van der Waals surface area (Å²) in [6, 6.07) is 2.94. The zero-order valence-corrected chi connectivity index (χ0v) is 10.5. The molecule has 0 spiro atoms. The number of amides is 1. The Kier molecular flexibility index (Phi) is 4.36. The normalized spacial score (nSPS) is 10.5. The zero-order chi connectivity index (χ0) is 13.9. The molecule has 0 aliphatic rings. The summed E-state index contributed by atoms with van der Waals surface area (Å²) in [6.07, 6.45) is 0. The summed E-state index contributed by atoms with van der Waals surface area (Å²) in [5.74, 6) is -1.06. The highest BCUT2D eigenvalue weighted by atomic mass is 19.1. The van der Waals surface area contributed by atoms with Crippen molar-refractivity contribution in [2.45, 2.75) is 13.8 Å². The van der Waals surface area contributed by atoms with Crippen molar-refractivity contribution in [3.05, 3.63) is 39.7 Å². The Morgan fingerprint density at radius 1 is 1.50 bits per heavy atom. The molecule has 1 aromatic carbocycles. The van der Waals surface area contributed by atoms with Gasteiger partial charge in [-0.1, -0.05) is 13.8 Å². The van der Waals surface area contributed by atoms with Crippen LogP contribution in [0.1, 0.15) is 24.2 Å². The highest BCUT2D eigenvalue weighted by molar-refractivity contribution is 5.95. The molecular weight excluding hydrogens is 239 g/mol. The van der Waals surface area contributed by atoms with Gasteiger partial charge in [0.2, 0.25) is 0 Å². The summed E-state index contributed by atoms with van der Waals surface area (Å²) in [5, 5.41) is 10.6. The van der Waals surface area contributed by atoms with Crippen LogP contribution in [0.5, 0.6) is 0 Å². The first kappa shape index (κ1) is 14.1. The summed E-state index contributed by atoms with van der Waals surface area (Å²) < 4.78 is 13.5. The van der Waals surface area contributed by atoms with Crippen molar-refractivity contribution >= 4 is 11.6 Å². The number of nitro groups is 1. The third-order valence-corrected chi connectivity index (χ3v) is 2.38. The van der Waals surface area contributed by atoms with Crippen LogP contribution in [0.15, 0.2) is 18.2 Å². The van der Waals surface area contributed by atoms with E-state index in [1.165, 1.54) is 4.90 Å². The van der Waals surface area contributed by atoms with Gasteiger partial charge in [-0.25, -0.2) is 4.39 Å². The standard InChI is InChI=1S/C12H15FN2O3/c1-8(2)7-14(3)12(16)10-6-9(15(17)18)4-5-11(10)13/h4-6,8H,7H2,1-3H3. The Hall–Kier alpha value is -1.98. The lowest BCUT2D eigenvalue weighted by Gasteiger charge is -2.19. The molecule has 0 aliphatic carbocycles. The molecule has 0 unspecified atom stereocenters. The van der Waals surface area contributed by atoms with Crippen LogP contribution in [-0.4, -0.2) is 29.3 Å². The predicted molar refractivity (Wildman–Crippen MR) is 64.9 cm³/mol. The first-order valence-corrected chi connectivity index (χ1v) is 5.52. The molecule has 1 amide bonds. The van der Waals surface area contributed by atoms with Crippen LogP contribution in [0.2, 0.25) is 0 Å². The third kappa shape index (κ3) is 3.26. The number of carbonyl (C=O) groups is 1. The van der Waals surface area contributed by atoms with Crippen molar-refractivity contribution in [3.63, 3.8) is 0 Å². The molecule has 6 heteroatoms. The second-order valence-corrected chi connectivity index (χ2v) is 4.50. The number of carbonyl (C=O) groups excluding carboxylic acids is 1. The van der Waals surface area contributed by atoms with Crippen molar-refractivity contribution in [1.82, 2.24) is 4.90 Å².